The van der Waals surface area contributed by atoms with Crippen molar-refractivity contribution in [2.45, 2.75) is 17.9 Å². The highest BCUT2D eigenvalue weighted by Crippen LogP contribution is 2.28. The van der Waals surface area contributed by atoms with E-state index in [1.54, 1.807) is 0 Å². The summed E-state index contributed by atoms with van der Waals surface area (Å²) >= 11 is 1.49. The molecule has 4 heteroatoms. The molecule has 0 spiro atoms. The molecule has 2 aromatic rings. The van der Waals surface area contributed by atoms with E-state index in [-0.39, 0.29) is 0 Å². The summed E-state index contributed by atoms with van der Waals surface area (Å²) in [5, 5.41) is 11.1. The SMILES string of the molecule is Cc1ccc2cccc(SCC(N)C(=O)O)c2c1. The lowest BCUT2D eigenvalue weighted by molar-refractivity contribution is -0.137. The number of hydrogen-bond acceptors (Lipinski definition) is 3. The highest BCUT2D eigenvalue weighted by atomic mass is 32.2. The molecule has 3 nitrogen and oxygen atoms in total. The predicted molar refractivity (Wildman–Crippen MR) is 75.0 cm³/mol. The third-order valence-corrected chi connectivity index (χ3v) is 3.93. The van der Waals surface area contributed by atoms with Gasteiger partial charge < -0.3 is 10.8 Å². The van der Waals surface area contributed by atoms with Crippen LogP contribution in [0.2, 0.25) is 0 Å². The second-order valence-corrected chi connectivity index (χ2v) is 5.30. The van der Waals surface area contributed by atoms with Crippen molar-refractivity contribution in [3.8, 4) is 0 Å². The smallest absolute Gasteiger partial charge is 0.321 e. The molecule has 0 heterocycles. The zero-order valence-corrected chi connectivity index (χ0v) is 10.9. The second-order valence-electron chi connectivity index (χ2n) is 4.24. The largest absolute Gasteiger partial charge is 0.480 e. The van der Waals surface area contributed by atoms with Crippen molar-refractivity contribution >= 4 is 28.5 Å². The fourth-order valence-electron chi connectivity index (χ4n) is 1.73. The zero-order valence-electron chi connectivity index (χ0n) is 10.1. The molecule has 3 N–H and O–H groups in total. The van der Waals surface area contributed by atoms with E-state index in [2.05, 4.69) is 24.3 Å². The fraction of sp³-hybridized carbons (Fsp3) is 0.214. The van der Waals surface area contributed by atoms with Gasteiger partial charge in [0.1, 0.15) is 6.04 Å². The number of thioether (sulfide) groups is 1. The summed E-state index contributed by atoms with van der Waals surface area (Å²) in [4.78, 5) is 11.8. The van der Waals surface area contributed by atoms with Crippen LogP contribution in [0.4, 0.5) is 0 Å². The van der Waals surface area contributed by atoms with Crippen LogP contribution in [0, 0.1) is 6.92 Å². The monoisotopic (exact) mass is 261 g/mol. The average molecular weight is 261 g/mol. The van der Waals surface area contributed by atoms with Gasteiger partial charge in [-0.15, -0.1) is 11.8 Å². The minimum Gasteiger partial charge on any atom is -0.480 e. The Hall–Kier alpha value is -1.52. The summed E-state index contributed by atoms with van der Waals surface area (Å²) in [6.07, 6.45) is 0. The lowest BCUT2D eigenvalue weighted by Gasteiger charge is -2.09. The average Bonchev–Trinajstić information content (AvgIpc) is 2.35. The number of aliphatic carboxylic acids is 1. The Morgan fingerprint density at radius 3 is 2.89 bits per heavy atom. The summed E-state index contributed by atoms with van der Waals surface area (Å²) < 4.78 is 0. The number of carboxylic acids is 1. The van der Waals surface area contributed by atoms with Crippen molar-refractivity contribution < 1.29 is 9.90 Å². The van der Waals surface area contributed by atoms with Crippen LogP contribution in [0.1, 0.15) is 5.56 Å². The highest BCUT2D eigenvalue weighted by molar-refractivity contribution is 7.99. The van der Waals surface area contributed by atoms with E-state index in [4.69, 9.17) is 10.8 Å². The van der Waals surface area contributed by atoms with Gasteiger partial charge in [0.2, 0.25) is 0 Å². The van der Waals surface area contributed by atoms with Crippen LogP contribution in [0.25, 0.3) is 10.8 Å². The number of benzene rings is 2. The number of aryl methyl sites for hydroxylation is 1. The Kier molecular flexibility index (Phi) is 3.89. The summed E-state index contributed by atoms with van der Waals surface area (Å²) in [5.41, 5.74) is 6.71. The Bertz CT molecular complexity index is 583. The van der Waals surface area contributed by atoms with E-state index < -0.39 is 12.0 Å². The van der Waals surface area contributed by atoms with E-state index in [0.717, 1.165) is 15.7 Å². The maximum atomic E-state index is 10.7. The van der Waals surface area contributed by atoms with Gasteiger partial charge >= 0.3 is 5.97 Å². The molecule has 0 fully saturated rings. The molecule has 0 aliphatic rings. The Morgan fingerprint density at radius 2 is 2.17 bits per heavy atom. The van der Waals surface area contributed by atoms with Crippen LogP contribution >= 0.6 is 11.8 Å². The first-order valence-corrected chi connectivity index (χ1v) is 6.67. The summed E-state index contributed by atoms with van der Waals surface area (Å²) in [6.45, 7) is 2.05. The molecule has 2 aromatic carbocycles. The van der Waals surface area contributed by atoms with E-state index in [1.807, 2.05) is 19.1 Å². The molecule has 0 aliphatic heterocycles. The number of carboxylic acid groups (broad SMARTS) is 1. The molecular weight excluding hydrogens is 246 g/mol. The summed E-state index contributed by atoms with van der Waals surface area (Å²) in [5.74, 6) is -0.582. The van der Waals surface area contributed by atoms with Gasteiger partial charge in [-0.3, -0.25) is 4.79 Å². The normalized spacial score (nSPS) is 12.6. The van der Waals surface area contributed by atoms with Crippen LogP contribution in [0.5, 0.6) is 0 Å². The van der Waals surface area contributed by atoms with Gasteiger partial charge in [0.05, 0.1) is 0 Å². The van der Waals surface area contributed by atoms with Crippen LogP contribution in [0.15, 0.2) is 41.3 Å². The maximum Gasteiger partial charge on any atom is 0.321 e. The quantitative estimate of drug-likeness (QED) is 0.830. The topological polar surface area (TPSA) is 63.3 Å². The van der Waals surface area contributed by atoms with Crippen molar-refractivity contribution in [2.75, 3.05) is 5.75 Å². The molecule has 0 radical (unpaired) electrons. The second kappa shape index (κ2) is 5.42. The minimum absolute atomic E-state index is 0.377. The maximum absolute atomic E-state index is 10.7. The number of rotatable bonds is 4. The lowest BCUT2D eigenvalue weighted by Crippen LogP contribution is -2.32. The Labute approximate surface area is 110 Å². The van der Waals surface area contributed by atoms with Gasteiger partial charge in [-0.1, -0.05) is 35.9 Å². The molecule has 0 saturated carbocycles. The molecule has 0 saturated heterocycles. The third kappa shape index (κ3) is 2.83. The van der Waals surface area contributed by atoms with E-state index in [1.165, 1.54) is 17.3 Å². The number of carbonyl (C=O) groups is 1. The number of nitrogens with two attached hydrogens (primary N) is 1. The van der Waals surface area contributed by atoms with Crippen molar-refractivity contribution in [3.63, 3.8) is 0 Å². The number of hydrogen-bond donors (Lipinski definition) is 2. The molecule has 0 amide bonds. The Morgan fingerprint density at radius 1 is 1.39 bits per heavy atom. The van der Waals surface area contributed by atoms with Crippen molar-refractivity contribution in [1.29, 1.82) is 0 Å². The first-order valence-electron chi connectivity index (χ1n) is 5.68. The van der Waals surface area contributed by atoms with E-state index >= 15 is 0 Å². The van der Waals surface area contributed by atoms with E-state index in [9.17, 15) is 4.79 Å². The Balaban J connectivity index is 2.27. The van der Waals surface area contributed by atoms with Crippen LogP contribution < -0.4 is 5.73 Å². The molecule has 1 unspecified atom stereocenters. The molecule has 0 aliphatic carbocycles. The van der Waals surface area contributed by atoms with Gasteiger partial charge in [0.15, 0.2) is 0 Å². The van der Waals surface area contributed by atoms with Crippen LogP contribution in [-0.2, 0) is 4.79 Å². The van der Waals surface area contributed by atoms with Gasteiger partial charge in [0.25, 0.3) is 0 Å². The standard InChI is InChI=1S/C14H15NO2S/c1-9-5-6-10-3-2-4-13(11(10)7-9)18-8-12(15)14(16)17/h2-7,12H,8,15H2,1H3,(H,16,17). The van der Waals surface area contributed by atoms with Crippen LogP contribution in [0.3, 0.4) is 0 Å². The van der Waals surface area contributed by atoms with E-state index in [0.29, 0.717) is 5.75 Å². The molecular formula is C14H15NO2S. The first-order chi connectivity index (χ1) is 8.58. The molecule has 1 atom stereocenters. The molecule has 0 aromatic heterocycles. The summed E-state index contributed by atoms with van der Waals surface area (Å²) in [7, 11) is 0. The number of fused-ring (bicyclic) bond motifs is 1. The first kappa shape index (κ1) is 12.9. The lowest BCUT2D eigenvalue weighted by atomic mass is 10.1. The fourth-order valence-corrected chi connectivity index (χ4v) is 2.74. The zero-order chi connectivity index (χ0) is 13.1. The highest BCUT2D eigenvalue weighted by Gasteiger charge is 2.12. The molecule has 2 rings (SSSR count). The third-order valence-electron chi connectivity index (χ3n) is 2.73. The van der Waals surface area contributed by atoms with Gasteiger partial charge in [-0.25, -0.2) is 0 Å². The van der Waals surface area contributed by atoms with Crippen molar-refractivity contribution in [3.05, 3.63) is 42.0 Å². The molecule has 18 heavy (non-hydrogen) atoms. The van der Waals surface area contributed by atoms with Crippen molar-refractivity contribution in [2.24, 2.45) is 5.73 Å². The van der Waals surface area contributed by atoms with Crippen molar-refractivity contribution in [1.82, 2.24) is 0 Å². The predicted octanol–water partition coefficient (Wildman–Crippen LogP) is 2.65. The van der Waals surface area contributed by atoms with Gasteiger partial charge in [-0.2, -0.15) is 0 Å². The molecule has 94 valence electrons. The minimum atomic E-state index is -0.959. The summed E-state index contributed by atoms with van der Waals surface area (Å²) in [6, 6.07) is 11.5. The van der Waals surface area contributed by atoms with Gasteiger partial charge in [-0.05, 0) is 23.8 Å². The molecule has 0 bridgehead atoms. The van der Waals surface area contributed by atoms with Gasteiger partial charge in [0, 0.05) is 10.6 Å². The van der Waals surface area contributed by atoms with Crippen LogP contribution in [-0.4, -0.2) is 22.9 Å².